The molecule has 0 saturated carbocycles. The van der Waals surface area contributed by atoms with Gasteiger partial charge in [-0.1, -0.05) is 17.7 Å². The summed E-state index contributed by atoms with van der Waals surface area (Å²) < 4.78 is 10.6. The Morgan fingerprint density at radius 3 is 2.55 bits per heavy atom. The molecule has 0 spiro atoms. The van der Waals surface area contributed by atoms with Crippen molar-refractivity contribution in [3.05, 3.63) is 47.0 Å². The second-order valence-corrected chi connectivity index (χ2v) is 7.92. The van der Waals surface area contributed by atoms with Crippen molar-refractivity contribution in [2.24, 2.45) is 0 Å². The molecule has 2 aliphatic heterocycles. The third-order valence-corrected chi connectivity index (χ3v) is 5.65. The van der Waals surface area contributed by atoms with Crippen LogP contribution in [-0.4, -0.2) is 54.8 Å². The molecule has 0 radical (unpaired) electrons. The first kappa shape index (κ1) is 21.2. The van der Waals surface area contributed by atoms with Gasteiger partial charge in [-0.2, -0.15) is 0 Å². The Morgan fingerprint density at radius 2 is 1.81 bits per heavy atom. The average Bonchev–Trinajstić information content (AvgIpc) is 3.22. The lowest BCUT2D eigenvalue weighted by Crippen LogP contribution is -2.48. The molecule has 2 N–H and O–H groups in total. The van der Waals surface area contributed by atoms with Gasteiger partial charge in [0.25, 0.3) is 5.91 Å². The van der Waals surface area contributed by atoms with Gasteiger partial charge in [-0.25, -0.2) is 0 Å². The molecule has 8 nitrogen and oxygen atoms in total. The quantitative estimate of drug-likeness (QED) is 0.681. The number of rotatable bonds is 3. The molecule has 10 heteroatoms. The highest BCUT2D eigenvalue weighted by Crippen LogP contribution is 2.35. The van der Waals surface area contributed by atoms with Crippen molar-refractivity contribution >= 4 is 52.1 Å². The molecule has 2 aliphatic rings. The number of hydrogen-bond donors (Lipinski definition) is 2. The van der Waals surface area contributed by atoms with Gasteiger partial charge in [0.05, 0.1) is 16.4 Å². The minimum absolute atomic E-state index is 0.0598. The third-order valence-electron chi connectivity index (χ3n) is 5.14. The van der Waals surface area contributed by atoms with E-state index in [1.165, 1.54) is 0 Å². The van der Waals surface area contributed by atoms with Crippen LogP contribution in [0.25, 0.3) is 0 Å². The van der Waals surface area contributed by atoms with E-state index < -0.39 is 0 Å². The van der Waals surface area contributed by atoms with E-state index in [1.54, 1.807) is 36.1 Å². The molecule has 4 rings (SSSR count). The number of hydrogen-bond acceptors (Lipinski definition) is 6. The molecule has 0 unspecified atom stereocenters. The Morgan fingerprint density at radius 1 is 1.06 bits per heavy atom. The number of anilines is 2. The summed E-state index contributed by atoms with van der Waals surface area (Å²) in [7, 11) is 0. The molecule has 1 fully saturated rings. The molecule has 2 heterocycles. The van der Waals surface area contributed by atoms with E-state index in [0.29, 0.717) is 54.0 Å². The number of para-hydroxylation sites is 1. The van der Waals surface area contributed by atoms with Crippen LogP contribution >= 0.6 is 23.8 Å². The van der Waals surface area contributed by atoms with Crippen LogP contribution in [-0.2, 0) is 4.79 Å². The Bertz CT molecular complexity index is 1040. The van der Waals surface area contributed by atoms with Gasteiger partial charge in [0, 0.05) is 38.7 Å². The number of carbonyl (C=O) groups is 2. The summed E-state index contributed by atoms with van der Waals surface area (Å²) in [6, 6.07) is 10.4. The van der Waals surface area contributed by atoms with E-state index in [-0.39, 0.29) is 23.7 Å². The van der Waals surface area contributed by atoms with E-state index in [4.69, 9.17) is 33.3 Å². The highest BCUT2D eigenvalue weighted by atomic mass is 35.5. The van der Waals surface area contributed by atoms with Gasteiger partial charge in [0.2, 0.25) is 12.7 Å². The Kier molecular flexibility index (Phi) is 6.15. The number of benzene rings is 2. The lowest BCUT2D eigenvalue weighted by molar-refractivity contribution is -0.129. The van der Waals surface area contributed by atoms with E-state index in [0.717, 1.165) is 5.69 Å². The maximum atomic E-state index is 12.6. The zero-order valence-electron chi connectivity index (χ0n) is 16.8. The molecule has 0 bridgehead atoms. The fourth-order valence-corrected chi connectivity index (χ4v) is 4.05. The monoisotopic (exact) mass is 460 g/mol. The zero-order chi connectivity index (χ0) is 22.0. The highest BCUT2D eigenvalue weighted by molar-refractivity contribution is 7.80. The lowest BCUT2D eigenvalue weighted by atomic mass is 10.2. The van der Waals surface area contributed by atoms with Crippen LogP contribution in [0.5, 0.6) is 11.5 Å². The Hall–Kier alpha value is -3.04. The first-order valence-corrected chi connectivity index (χ1v) is 10.5. The van der Waals surface area contributed by atoms with Crippen molar-refractivity contribution in [1.29, 1.82) is 0 Å². The fraction of sp³-hybridized carbons (Fsp3) is 0.286. The van der Waals surface area contributed by atoms with Gasteiger partial charge in [0.1, 0.15) is 0 Å². The lowest BCUT2D eigenvalue weighted by Gasteiger charge is -2.37. The van der Waals surface area contributed by atoms with Crippen LogP contribution in [0.1, 0.15) is 17.3 Å². The summed E-state index contributed by atoms with van der Waals surface area (Å²) in [5, 5.41) is 6.46. The van der Waals surface area contributed by atoms with Crippen molar-refractivity contribution in [2.75, 3.05) is 43.2 Å². The average molecular weight is 461 g/mol. The number of nitrogens with one attached hydrogen (secondary N) is 2. The van der Waals surface area contributed by atoms with Gasteiger partial charge in [0.15, 0.2) is 16.6 Å². The number of piperazine rings is 1. The van der Waals surface area contributed by atoms with Gasteiger partial charge < -0.3 is 24.6 Å². The number of ether oxygens (including phenoxy) is 2. The van der Waals surface area contributed by atoms with Gasteiger partial charge in [-0.3, -0.25) is 14.9 Å². The number of nitrogens with zero attached hydrogens (tertiary/aromatic N) is 2. The SMILES string of the molecule is CC(=O)N1CCN(c2c(Cl)cccc2NC(=S)NC(=O)c2ccc3c(c2)OCO3)CC1. The molecular formula is C21H21ClN4O4S. The maximum absolute atomic E-state index is 12.6. The standard InChI is InChI=1S/C21H21ClN4O4S/c1-13(27)25-7-9-26(10-8-25)19-15(22)3-2-4-16(19)23-21(31)24-20(28)14-5-6-17-18(11-14)30-12-29-17/h2-6,11H,7-10,12H2,1H3,(H2,23,24,28,31). The summed E-state index contributed by atoms with van der Waals surface area (Å²) in [4.78, 5) is 28.1. The summed E-state index contributed by atoms with van der Waals surface area (Å²) in [5.74, 6) is 0.818. The topological polar surface area (TPSA) is 83.1 Å². The second-order valence-electron chi connectivity index (χ2n) is 7.11. The van der Waals surface area contributed by atoms with Crippen molar-refractivity contribution in [3.63, 3.8) is 0 Å². The van der Waals surface area contributed by atoms with Crippen molar-refractivity contribution in [3.8, 4) is 11.5 Å². The predicted molar refractivity (Wildman–Crippen MR) is 122 cm³/mol. The Labute approximate surface area is 190 Å². The number of carbonyl (C=O) groups excluding carboxylic acids is 2. The Balaban J connectivity index is 1.44. The number of amides is 2. The molecule has 0 aromatic heterocycles. The molecule has 2 aromatic carbocycles. The van der Waals surface area contributed by atoms with Crippen molar-refractivity contribution in [2.45, 2.75) is 6.92 Å². The van der Waals surface area contributed by atoms with Gasteiger partial charge >= 0.3 is 0 Å². The van der Waals surface area contributed by atoms with E-state index >= 15 is 0 Å². The van der Waals surface area contributed by atoms with Crippen molar-refractivity contribution < 1.29 is 19.1 Å². The van der Waals surface area contributed by atoms with Crippen LogP contribution in [0.3, 0.4) is 0 Å². The summed E-state index contributed by atoms with van der Waals surface area (Å²) >= 11 is 11.8. The molecule has 162 valence electrons. The molecule has 2 aromatic rings. The second kappa shape index (κ2) is 8.99. The fourth-order valence-electron chi connectivity index (χ4n) is 3.55. The third kappa shape index (κ3) is 4.67. The summed E-state index contributed by atoms with van der Waals surface area (Å²) in [6.07, 6.45) is 0. The predicted octanol–water partition coefficient (Wildman–Crippen LogP) is 2.86. The molecule has 0 atom stereocenters. The van der Waals surface area contributed by atoms with E-state index in [2.05, 4.69) is 15.5 Å². The number of halogens is 1. The minimum Gasteiger partial charge on any atom is -0.454 e. The molecular weight excluding hydrogens is 440 g/mol. The van der Waals surface area contributed by atoms with Gasteiger partial charge in [-0.15, -0.1) is 0 Å². The largest absolute Gasteiger partial charge is 0.454 e. The minimum atomic E-state index is -0.366. The number of thiocarbonyl (C=S) groups is 1. The smallest absolute Gasteiger partial charge is 0.257 e. The van der Waals surface area contributed by atoms with Crippen LogP contribution in [0.2, 0.25) is 5.02 Å². The summed E-state index contributed by atoms with van der Waals surface area (Å²) in [6.45, 7) is 4.23. The zero-order valence-corrected chi connectivity index (χ0v) is 18.4. The normalized spacial score (nSPS) is 14.9. The van der Waals surface area contributed by atoms with Crippen LogP contribution in [0, 0.1) is 0 Å². The van der Waals surface area contributed by atoms with E-state index in [9.17, 15) is 9.59 Å². The van der Waals surface area contributed by atoms with Crippen LogP contribution in [0.4, 0.5) is 11.4 Å². The van der Waals surface area contributed by atoms with E-state index in [1.807, 2.05) is 12.1 Å². The van der Waals surface area contributed by atoms with Crippen LogP contribution < -0.4 is 25.0 Å². The molecule has 31 heavy (non-hydrogen) atoms. The molecule has 1 saturated heterocycles. The van der Waals surface area contributed by atoms with Crippen LogP contribution in [0.15, 0.2) is 36.4 Å². The first-order valence-electron chi connectivity index (χ1n) is 9.73. The molecule has 2 amide bonds. The summed E-state index contributed by atoms with van der Waals surface area (Å²) in [5.41, 5.74) is 1.87. The maximum Gasteiger partial charge on any atom is 0.257 e. The number of fused-ring (bicyclic) bond motifs is 1. The van der Waals surface area contributed by atoms with Crippen molar-refractivity contribution in [1.82, 2.24) is 10.2 Å². The highest BCUT2D eigenvalue weighted by Gasteiger charge is 2.23. The molecule has 0 aliphatic carbocycles. The van der Waals surface area contributed by atoms with Gasteiger partial charge in [-0.05, 0) is 42.5 Å². The first-order chi connectivity index (χ1) is 14.9.